The van der Waals surface area contributed by atoms with Crippen molar-refractivity contribution in [1.29, 1.82) is 0 Å². The summed E-state index contributed by atoms with van der Waals surface area (Å²) in [7, 11) is 0. The molecule has 0 aromatic rings. The maximum absolute atomic E-state index is 5.52. The lowest BCUT2D eigenvalue weighted by atomic mass is 10.2. The first kappa shape index (κ1) is 17.9. The lowest BCUT2D eigenvalue weighted by Gasteiger charge is -2.07. The van der Waals surface area contributed by atoms with E-state index in [-0.39, 0.29) is 0 Å². The van der Waals surface area contributed by atoms with Crippen molar-refractivity contribution in [2.75, 3.05) is 39.5 Å². The topological polar surface area (TPSA) is 30.5 Å². The lowest BCUT2D eigenvalue weighted by Crippen LogP contribution is -2.15. The summed E-state index contributed by atoms with van der Waals surface area (Å²) < 4.78 is 11.0. The van der Waals surface area contributed by atoms with Gasteiger partial charge in [-0.05, 0) is 38.3 Å². The van der Waals surface area contributed by atoms with Gasteiger partial charge in [0.15, 0.2) is 0 Å². The molecule has 0 atom stereocenters. The van der Waals surface area contributed by atoms with Crippen molar-refractivity contribution in [2.24, 2.45) is 5.92 Å². The van der Waals surface area contributed by atoms with Crippen molar-refractivity contribution < 1.29 is 9.47 Å². The second-order valence-electron chi connectivity index (χ2n) is 5.25. The van der Waals surface area contributed by atoms with Crippen molar-refractivity contribution in [3.63, 3.8) is 0 Å². The van der Waals surface area contributed by atoms with Gasteiger partial charge in [-0.25, -0.2) is 0 Å². The standard InChI is InChI=1S/C15H33NO2/c1-4-9-16-10-7-5-6-8-11-17-12-13-18-14-15(2)3/h15-16H,4-14H2,1-3H3. The Morgan fingerprint density at radius 1 is 0.833 bits per heavy atom. The second kappa shape index (κ2) is 14.9. The quantitative estimate of drug-likeness (QED) is 0.486. The van der Waals surface area contributed by atoms with Crippen molar-refractivity contribution in [1.82, 2.24) is 5.32 Å². The monoisotopic (exact) mass is 259 g/mol. The molecule has 0 fully saturated rings. The van der Waals surface area contributed by atoms with Gasteiger partial charge in [0.05, 0.1) is 13.2 Å². The molecule has 0 aliphatic carbocycles. The molecule has 0 aliphatic heterocycles. The molecule has 0 unspecified atom stereocenters. The van der Waals surface area contributed by atoms with Crippen LogP contribution >= 0.6 is 0 Å². The average molecular weight is 259 g/mol. The number of rotatable bonds is 14. The van der Waals surface area contributed by atoms with E-state index in [9.17, 15) is 0 Å². The number of ether oxygens (including phenoxy) is 2. The number of unbranched alkanes of at least 4 members (excludes halogenated alkanes) is 3. The second-order valence-corrected chi connectivity index (χ2v) is 5.25. The van der Waals surface area contributed by atoms with E-state index in [1.165, 1.54) is 32.1 Å². The molecule has 0 bridgehead atoms. The van der Waals surface area contributed by atoms with Crippen molar-refractivity contribution in [3.8, 4) is 0 Å². The van der Waals surface area contributed by atoms with Crippen LogP contribution in [0.4, 0.5) is 0 Å². The molecule has 18 heavy (non-hydrogen) atoms. The van der Waals surface area contributed by atoms with E-state index in [0.717, 1.165) is 39.5 Å². The molecule has 0 aromatic heterocycles. The largest absolute Gasteiger partial charge is 0.379 e. The summed E-state index contributed by atoms with van der Waals surface area (Å²) >= 11 is 0. The van der Waals surface area contributed by atoms with Gasteiger partial charge in [-0.15, -0.1) is 0 Å². The third kappa shape index (κ3) is 15.9. The van der Waals surface area contributed by atoms with E-state index < -0.39 is 0 Å². The van der Waals surface area contributed by atoms with E-state index in [4.69, 9.17) is 9.47 Å². The van der Waals surface area contributed by atoms with Gasteiger partial charge in [-0.3, -0.25) is 0 Å². The highest BCUT2D eigenvalue weighted by Gasteiger charge is 1.94. The summed E-state index contributed by atoms with van der Waals surface area (Å²) in [6, 6.07) is 0. The van der Waals surface area contributed by atoms with Gasteiger partial charge in [-0.1, -0.05) is 33.6 Å². The highest BCUT2D eigenvalue weighted by Crippen LogP contribution is 1.99. The van der Waals surface area contributed by atoms with Crippen LogP contribution in [0.1, 0.15) is 52.9 Å². The molecule has 0 aliphatic rings. The molecule has 1 N–H and O–H groups in total. The summed E-state index contributed by atoms with van der Waals surface area (Å²) in [6.45, 7) is 12.0. The molecule has 3 heteroatoms. The summed E-state index contributed by atoms with van der Waals surface area (Å²) in [5.74, 6) is 0.617. The Morgan fingerprint density at radius 2 is 1.56 bits per heavy atom. The smallest absolute Gasteiger partial charge is 0.0700 e. The first-order chi connectivity index (χ1) is 8.77. The zero-order chi connectivity index (χ0) is 13.5. The number of nitrogens with one attached hydrogen (secondary N) is 1. The molecule has 0 saturated carbocycles. The van der Waals surface area contributed by atoms with E-state index >= 15 is 0 Å². The summed E-state index contributed by atoms with van der Waals surface area (Å²) in [6.07, 6.45) is 6.28. The first-order valence-corrected chi connectivity index (χ1v) is 7.63. The Hall–Kier alpha value is -0.120. The molecular weight excluding hydrogens is 226 g/mol. The molecule has 0 heterocycles. The third-order valence-corrected chi connectivity index (χ3v) is 2.64. The fourth-order valence-corrected chi connectivity index (χ4v) is 1.65. The fraction of sp³-hybridized carbons (Fsp3) is 1.00. The van der Waals surface area contributed by atoms with E-state index in [1.807, 2.05) is 0 Å². The van der Waals surface area contributed by atoms with Crippen LogP contribution < -0.4 is 5.32 Å². The molecule has 0 radical (unpaired) electrons. The molecule has 0 spiro atoms. The normalized spacial score (nSPS) is 11.3. The van der Waals surface area contributed by atoms with Gasteiger partial charge in [0.25, 0.3) is 0 Å². The minimum atomic E-state index is 0.617. The average Bonchev–Trinajstić information content (AvgIpc) is 2.34. The van der Waals surface area contributed by atoms with Crippen molar-refractivity contribution in [2.45, 2.75) is 52.9 Å². The summed E-state index contributed by atoms with van der Waals surface area (Å²) in [5, 5.41) is 3.42. The minimum Gasteiger partial charge on any atom is -0.379 e. The van der Waals surface area contributed by atoms with Crippen LogP contribution in [0.15, 0.2) is 0 Å². The molecule has 0 amide bonds. The third-order valence-electron chi connectivity index (χ3n) is 2.64. The van der Waals surface area contributed by atoms with E-state index in [0.29, 0.717) is 5.92 Å². The Labute approximate surface area is 114 Å². The Morgan fingerprint density at radius 3 is 2.28 bits per heavy atom. The van der Waals surface area contributed by atoms with Gasteiger partial charge < -0.3 is 14.8 Å². The van der Waals surface area contributed by atoms with Gasteiger partial charge in [0.2, 0.25) is 0 Å². The Kier molecular flexibility index (Phi) is 14.8. The minimum absolute atomic E-state index is 0.617. The predicted molar refractivity (Wildman–Crippen MR) is 78.1 cm³/mol. The molecule has 3 nitrogen and oxygen atoms in total. The molecule has 0 saturated heterocycles. The van der Waals surface area contributed by atoms with Crippen LogP contribution in [0, 0.1) is 5.92 Å². The maximum atomic E-state index is 5.52. The fourth-order valence-electron chi connectivity index (χ4n) is 1.65. The zero-order valence-electron chi connectivity index (χ0n) is 12.7. The van der Waals surface area contributed by atoms with E-state index in [1.54, 1.807) is 0 Å². The lowest BCUT2D eigenvalue weighted by molar-refractivity contribution is 0.0366. The van der Waals surface area contributed by atoms with Gasteiger partial charge >= 0.3 is 0 Å². The van der Waals surface area contributed by atoms with Crippen molar-refractivity contribution >= 4 is 0 Å². The van der Waals surface area contributed by atoms with E-state index in [2.05, 4.69) is 26.1 Å². The molecule has 0 rings (SSSR count). The predicted octanol–water partition coefficient (Wildman–Crippen LogP) is 3.24. The molecule has 0 aromatic carbocycles. The van der Waals surface area contributed by atoms with Gasteiger partial charge in [0, 0.05) is 13.2 Å². The maximum Gasteiger partial charge on any atom is 0.0700 e. The zero-order valence-corrected chi connectivity index (χ0v) is 12.7. The highest BCUT2D eigenvalue weighted by molar-refractivity contribution is 4.48. The summed E-state index contributed by atoms with van der Waals surface area (Å²) in [4.78, 5) is 0. The SMILES string of the molecule is CCCNCCCCCCOCCOCC(C)C. The summed E-state index contributed by atoms with van der Waals surface area (Å²) in [5.41, 5.74) is 0. The van der Waals surface area contributed by atoms with Crippen LogP contribution in [-0.2, 0) is 9.47 Å². The highest BCUT2D eigenvalue weighted by atomic mass is 16.5. The van der Waals surface area contributed by atoms with Gasteiger partial charge in [-0.2, -0.15) is 0 Å². The van der Waals surface area contributed by atoms with Gasteiger partial charge in [0.1, 0.15) is 0 Å². The Bertz CT molecular complexity index is 151. The number of hydrogen-bond acceptors (Lipinski definition) is 3. The van der Waals surface area contributed by atoms with Crippen LogP contribution in [0.25, 0.3) is 0 Å². The first-order valence-electron chi connectivity index (χ1n) is 7.63. The Balaban J connectivity index is 2.90. The van der Waals surface area contributed by atoms with Crippen molar-refractivity contribution in [3.05, 3.63) is 0 Å². The van der Waals surface area contributed by atoms with Crippen LogP contribution in [0.5, 0.6) is 0 Å². The number of hydrogen-bond donors (Lipinski definition) is 1. The van der Waals surface area contributed by atoms with Crippen LogP contribution in [0.3, 0.4) is 0 Å². The van der Waals surface area contributed by atoms with Crippen LogP contribution in [-0.4, -0.2) is 39.5 Å². The van der Waals surface area contributed by atoms with Crippen LogP contribution in [0.2, 0.25) is 0 Å². The molecular formula is C15H33NO2. The molecule has 110 valence electrons.